The van der Waals surface area contributed by atoms with Crippen LogP contribution in [0, 0.1) is 13.8 Å². The summed E-state index contributed by atoms with van der Waals surface area (Å²) in [6.07, 6.45) is 8.29. The lowest BCUT2D eigenvalue weighted by molar-refractivity contribution is -0.115. The third-order valence-electron chi connectivity index (χ3n) is 5.19. The molecule has 0 aliphatic heterocycles. The van der Waals surface area contributed by atoms with Crippen molar-refractivity contribution in [3.63, 3.8) is 0 Å². The molecule has 10 heteroatoms. The number of carbonyl (C=O) groups is 1. The topological polar surface area (TPSA) is 98.0 Å². The Morgan fingerprint density at radius 3 is 2.75 bits per heavy atom. The minimum absolute atomic E-state index is 0.121. The Hall–Kier alpha value is -2.07. The van der Waals surface area contributed by atoms with E-state index in [0.29, 0.717) is 22.0 Å². The number of fused-ring (bicyclic) bond motifs is 1. The number of rotatable bonds is 5. The lowest BCUT2D eigenvalue weighted by Gasteiger charge is -2.18. The fourth-order valence-corrected chi connectivity index (χ4v) is 4.92. The van der Waals surface area contributed by atoms with Gasteiger partial charge < -0.3 is 5.32 Å². The zero-order valence-electron chi connectivity index (χ0n) is 16.2. The van der Waals surface area contributed by atoms with E-state index < -0.39 is 0 Å². The summed E-state index contributed by atoms with van der Waals surface area (Å²) in [5, 5.41) is 18.1. The van der Waals surface area contributed by atoms with Gasteiger partial charge in [0.25, 0.3) is 5.78 Å². The van der Waals surface area contributed by atoms with Crippen molar-refractivity contribution >= 4 is 39.9 Å². The quantitative estimate of drug-likeness (QED) is 0.634. The molecule has 3 aromatic heterocycles. The maximum atomic E-state index is 12.6. The smallest absolute Gasteiger partial charge is 0.253 e. The van der Waals surface area contributed by atoms with E-state index in [1.807, 2.05) is 20.1 Å². The van der Waals surface area contributed by atoms with Crippen molar-refractivity contribution in [2.75, 3.05) is 11.6 Å². The average Bonchev–Trinajstić information content (AvgIpc) is 3.33. The highest BCUT2D eigenvalue weighted by molar-refractivity contribution is 7.98. The molecule has 28 heavy (non-hydrogen) atoms. The number of anilines is 1. The van der Waals surface area contributed by atoms with Crippen LogP contribution < -0.4 is 5.32 Å². The number of nitrogens with zero attached hydrogens (tertiary/aromatic N) is 6. The highest BCUT2D eigenvalue weighted by atomic mass is 32.2. The summed E-state index contributed by atoms with van der Waals surface area (Å²) in [5.41, 5.74) is 2.53. The molecule has 0 bridgehead atoms. The number of thioether (sulfide) groups is 1. The van der Waals surface area contributed by atoms with E-state index in [0.717, 1.165) is 22.0 Å². The summed E-state index contributed by atoms with van der Waals surface area (Å²) < 4.78 is 1.70. The van der Waals surface area contributed by atoms with Crippen molar-refractivity contribution < 1.29 is 4.79 Å². The molecule has 1 aliphatic carbocycles. The van der Waals surface area contributed by atoms with Gasteiger partial charge in [-0.05, 0) is 32.9 Å². The van der Waals surface area contributed by atoms with Crippen LogP contribution in [-0.4, -0.2) is 41.9 Å². The highest BCUT2D eigenvalue weighted by Crippen LogP contribution is 2.35. The zero-order valence-corrected chi connectivity index (χ0v) is 17.9. The lowest BCUT2D eigenvalue weighted by Crippen LogP contribution is -2.17. The van der Waals surface area contributed by atoms with Gasteiger partial charge in [0.1, 0.15) is 5.01 Å². The molecule has 3 aromatic rings. The standard InChI is InChI=1S/C18H23N7OS2/c1-10-13(11(2)25-16(19-10)21-18(24-25)27-3)9-14(26)20-17-23-22-15(28-17)12-7-5-4-6-8-12/h12H,4-9H2,1-3H3,(H,20,23,26). The molecular weight excluding hydrogens is 394 g/mol. The van der Waals surface area contributed by atoms with Crippen molar-refractivity contribution in [3.8, 4) is 0 Å². The molecule has 1 amide bonds. The van der Waals surface area contributed by atoms with E-state index in [4.69, 9.17) is 0 Å². The predicted octanol–water partition coefficient (Wildman–Crippen LogP) is 3.54. The average molecular weight is 418 g/mol. The molecule has 0 unspecified atom stereocenters. The molecule has 0 radical (unpaired) electrons. The highest BCUT2D eigenvalue weighted by Gasteiger charge is 2.21. The molecule has 0 spiro atoms. The Balaban J connectivity index is 1.48. The van der Waals surface area contributed by atoms with Gasteiger partial charge in [0.05, 0.1) is 6.42 Å². The molecule has 148 valence electrons. The van der Waals surface area contributed by atoms with Gasteiger partial charge >= 0.3 is 0 Å². The molecule has 0 aromatic carbocycles. The molecule has 3 heterocycles. The molecule has 1 saturated carbocycles. The molecule has 1 N–H and O–H groups in total. The van der Waals surface area contributed by atoms with Crippen LogP contribution in [0.4, 0.5) is 5.13 Å². The molecular formula is C18H23N7OS2. The van der Waals surface area contributed by atoms with Gasteiger partial charge in [-0.3, -0.25) is 4.79 Å². The summed E-state index contributed by atoms with van der Waals surface area (Å²) in [6, 6.07) is 0. The number of carbonyl (C=O) groups excluding carboxylic acids is 1. The Morgan fingerprint density at radius 1 is 1.21 bits per heavy atom. The SMILES string of the molecule is CSc1nc2nc(C)c(CC(=O)Nc3nnc(C4CCCCC4)s3)c(C)n2n1. The summed E-state index contributed by atoms with van der Waals surface area (Å²) in [5.74, 6) is 0.930. The van der Waals surface area contributed by atoms with E-state index in [1.54, 1.807) is 4.52 Å². The number of hydrogen-bond donors (Lipinski definition) is 1. The van der Waals surface area contributed by atoms with Gasteiger partial charge in [-0.2, -0.15) is 4.98 Å². The van der Waals surface area contributed by atoms with Crippen LogP contribution in [0.5, 0.6) is 0 Å². The van der Waals surface area contributed by atoms with Crippen LogP contribution in [0.2, 0.25) is 0 Å². The maximum absolute atomic E-state index is 12.6. The Kier molecular flexibility index (Phi) is 5.58. The molecule has 1 aliphatic rings. The Morgan fingerprint density at radius 2 is 2.00 bits per heavy atom. The van der Waals surface area contributed by atoms with Crippen LogP contribution in [0.3, 0.4) is 0 Å². The maximum Gasteiger partial charge on any atom is 0.253 e. The van der Waals surface area contributed by atoms with Gasteiger partial charge in [0.2, 0.25) is 16.2 Å². The van der Waals surface area contributed by atoms with Crippen molar-refractivity contribution in [3.05, 3.63) is 22.0 Å². The number of aryl methyl sites for hydroxylation is 2. The second-order valence-electron chi connectivity index (χ2n) is 7.08. The van der Waals surface area contributed by atoms with Crippen molar-refractivity contribution in [1.82, 2.24) is 29.8 Å². The fourth-order valence-electron chi connectivity index (χ4n) is 3.66. The van der Waals surface area contributed by atoms with Gasteiger partial charge in [0, 0.05) is 22.9 Å². The van der Waals surface area contributed by atoms with Crippen LogP contribution in [-0.2, 0) is 11.2 Å². The largest absolute Gasteiger partial charge is 0.300 e. The van der Waals surface area contributed by atoms with Gasteiger partial charge in [-0.15, -0.1) is 15.3 Å². The third-order valence-corrected chi connectivity index (χ3v) is 6.73. The van der Waals surface area contributed by atoms with Gasteiger partial charge in [-0.25, -0.2) is 9.50 Å². The minimum Gasteiger partial charge on any atom is -0.300 e. The summed E-state index contributed by atoms with van der Waals surface area (Å²) in [4.78, 5) is 21.5. The van der Waals surface area contributed by atoms with E-state index in [1.165, 1.54) is 55.2 Å². The van der Waals surface area contributed by atoms with Crippen LogP contribution in [0.1, 0.15) is 60.0 Å². The van der Waals surface area contributed by atoms with E-state index >= 15 is 0 Å². The van der Waals surface area contributed by atoms with Gasteiger partial charge in [-0.1, -0.05) is 42.4 Å². The van der Waals surface area contributed by atoms with E-state index in [9.17, 15) is 4.79 Å². The summed E-state index contributed by atoms with van der Waals surface area (Å²) >= 11 is 2.96. The summed E-state index contributed by atoms with van der Waals surface area (Å²) in [6.45, 7) is 3.84. The monoisotopic (exact) mass is 417 g/mol. The second-order valence-corrected chi connectivity index (χ2v) is 8.86. The minimum atomic E-state index is -0.121. The Bertz CT molecular complexity index is 1010. The predicted molar refractivity (Wildman–Crippen MR) is 110 cm³/mol. The molecule has 8 nitrogen and oxygen atoms in total. The first-order valence-corrected chi connectivity index (χ1v) is 11.5. The van der Waals surface area contributed by atoms with Crippen LogP contribution in [0.15, 0.2) is 5.16 Å². The number of hydrogen-bond acceptors (Lipinski definition) is 8. The lowest BCUT2D eigenvalue weighted by atomic mass is 9.90. The first-order chi connectivity index (χ1) is 13.5. The second kappa shape index (κ2) is 8.12. The van der Waals surface area contributed by atoms with E-state index in [2.05, 4.69) is 30.6 Å². The molecule has 1 fully saturated rings. The van der Waals surface area contributed by atoms with Crippen molar-refractivity contribution in [1.29, 1.82) is 0 Å². The van der Waals surface area contributed by atoms with Crippen molar-refractivity contribution in [2.24, 2.45) is 0 Å². The fraction of sp³-hybridized carbons (Fsp3) is 0.556. The van der Waals surface area contributed by atoms with E-state index in [-0.39, 0.29) is 12.3 Å². The number of amides is 1. The van der Waals surface area contributed by atoms with Gasteiger partial charge in [0.15, 0.2) is 0 Å². The Labute approximate surface area is 171 Å². The first-order valence-electron chi connectivity index (χ1n) is 9.45. The normalized spacial score (nSPS) is 15.2. The number of nitrogens with one attached hydrogen (secondary N) is 1. The molecule has 0 saturated heterocycles. The molecule has 0 atom stereocenters. The first kappa shape index (κ1) is 19.3. The van der Waals surface area contributed by atoms with Crippen LogP contribution >= 0.6 is 23.1 Å². The zero-order chi connectivity index (χ0) is 19.7. The van der Waals surface area contributed by atoms with Crippen molar-refractivity contribution in [2.45, 2.75) is 63.4 Å². The molecule has 4 rings (SSSR count). The van der Waals surface area contributed by atoms with Crippen LogP contribution in [0.25, 0.3) is 5.78 Å². The number of aromatic nitrogens is 6. The third kappa shape index (κ3) is 3.88. The summed E-state index contributed by atoms with van der Waals surface area (Å²) in [7, 11) is 0.